The van der Waals surface area contributed by atoms with Crippen molar-refractivity contribution in [3.8, 4) is 0 Å². The molecule has 0 unspecified atom stereocenters. The van der Waals surface area contributed by atoms with Crippen LogP contribution in [0.1, 0.15) is 28.8 Å². The number of Topliss-reactive ketones (excluding diaryl/α,β-unsaturated/α-hetero) is 1. The molecule has 1 aromatic carbocycles. The highest BCUT2D eigenvalue weighted by Gasteiger charge is 2.06. The van der Waals surface area contributed by atoms with E-state index >= 15 is 0 Å². The van der Waals surface area contributed by atoms with Crippen LogP contribution in [0.25, 0.3) is 0 Å². The molecule has 0 spiro atoms. The van der Waals surface area contributed by atoms with E-state index in [0.717, 1.165) is 5.56 Å². The zero-order valence-corrected chi connectivity index (χ0v) is 8.22. The molecule has 0 aromatic heterocycles. The van der Waals surface area contributed by atoms with E-state index in [9.17, 15) is 9.18 Å². The average Bonchev–Trinajstić information content (AvgIpc) is 2.12. The van der Waals surface area contributed by atoms with Gasteiger partial charge in [-0.2, -0.15) is 0 Å². The van der Waals surface area contributed by atoms with E-state index in [2.05, 4.69) is 6.58 Å². The predicted molar refractivity (Wildman–Crippen MR) is 54.9 cm³/mol. The van der Waals surface area contributed by atoms with Gasteiger partial charge in [0.05, 0.1) is 0 Å². The molecular weight excluding hydrogens is 179 g/mol. The molecule has 74 valence electrons. The Morgan fingerprint density at radius 3 is 2.79 bits per heavy atom. The third kappa shape index (κ3) is 2.80. The zero-order valence-electron chi connectivity index (χ0n) is 8.22. The Labute approximate surface area is 83.3 Å². The van der Waals surface area contributed by atoms with Gasteiger partial charge in [-0.05, 0) is 37.1 Å². The van der Waals surface area contributed by atoms with Crippen molar-refractivity contribution in [2.24, 2.45) is 0 Å². The largest absolute Gasteiger partial charge is 0.294 e. The summed E-state index contributed by atoms with van der Waals surface area (Å²) < 4.78 is 12.9. The lowest BCUT2D eigenvalue weighted by molar-refractivity contribution is 0.0983. The van der Waals surface area contributed by atoms with Crippen LogP contribution < -0.4 is 0 Å². The smallest absolute Gasteiger partial charge is 0.163 e. The lowest BCUT2D eigenvalue weighted by Gasteiger charge is -2.01. The van der Waals surface area contributed by atoms with Crippen LogP contribution in [0.15, 0.2) is 30.9 Å². The van der Waals surface area contributed by atoms with Crippen LogP contribution in [0.3, 0.4) is 0 Å². The number of allylic oxidation sites excluding steroid dienone is 1. The Morgan fingerprint density at radius 1 is 1.50 bits per heavy atom. The highest BCUT2D eigenvalue weighted by Crippen LogP contribution is 2.11. The van der Waals surface area contributed by atoms with Crippen molar-refractivity contribution in [1.82, 2.24) is 0 Å². The summed E-state index contributed by atoms with van der Waals surface area (Å²) in [5, 5.41) is 0. The van der Waals surface area contributed by atoms with Gasteiger partial charge in [-0.3, -0.25) is 4.79 Å². The molecule has 0 atom stereocenters. The van der Waals surface area contributed by atoms with E-state index in [0.29, 0.717) is 18.4 Å². The van der Waals surface area contributed by atoms with Gasteiger partial charge in [0.15, 0.2) is 5.78 Å². The molecule has 0 amide bonds. The highest BCUT2D eigenvalue weighted by atomic mass is 19.1. The molecule has 1 nitrogen and oxygen atoms in total. The maximum Gasteiger partial charge on any atom is 0.163 e. The molecule has 0 heterocycles. The van der Waals surface area contributed by atoms with Gasteiger partial charge in [0.1, 0.15) is 5.82 Å². The minimum absolute atomic E-state index is 0.0347. The molecule has 1 rings (SSSR count). The fourth-order valence-electron chi connectivity index (χ4n) is 1.27. The minimum Gasteiger partial charge on any atom is -0.294 e. The Balaban J connectivity index is 2.84. The van der Waals surface area contributed by atoms with Crippen molar-refractivity contribution in [2.45, 2.75) is 19.8 Å². The molecule has 0 N–H and O–H groups in total. The van der Waals surface area contributed by atoms with E-state index in [4.69, 9.17) is 0 Å². The molecule has 2 heteroatoms. The normalized spacial score (nSPS) is 9.86. The standard InChI is InChI=1S/C12H13FO/c1-3-4-5-12(14)10-6-9(2)7-11(13)8-10/h3,6-8H,1,4-5H2,2H3. The van der Waals surface area contributed by atoms with Gasteiger partial charge in [0, 0.05) is 12.0 Å². The lowest BCUT2D eigenvalue weighted by Crippen LogP contribution is -1.99. The molecule has 0 aliphatic carbocycles. The molecule has 14 heavy (non-hydrogen) atoms. The summed E-state index contributed by atoms with van der Waals surface area (Å²) in [5.41, 5.74) is 1.22. The first-order chi connectivity index (χ1) is 6.63. The first-order valence-electron chi connectivity index (χ1n) is 4.55. The third-order valence-corrected chi connectivity index (χ3v) is 1.94. The third-order valence-electron chi connectivity index (χ3n) is 1.94. The Bertz CT molecular complexity index is 335. The molecule has 0 aliphatic rings. The van der Waals surface area contributed by atoms with Crippen molar-refractivity contribution in [3.63, 3.8) is 0 Å². The van der Waals surface area contributed by atoms with Crippen LogP contribution in [-0.2, 0) is 0 Å². The molecule has 0 radical (unpaired) electrons. The van der Waals surface area contributed by atoms with Crippen LogP contribution in [0.2, 0.25) is 0 Å². The summed E-state index contributed by atoms with van der Waals surface area (Å²) in [6, 6.07) is 4.39. The Hall–Kier alpha value is -1.44. The fourth-order valence-corrected chi connectivity index (χ4v) is 1.27. The zero-order chi connectivity index (χ0) is 10.6. The summed E-state index contributed by atoms with van der Waals surface area (Å²) in [7, 11) is 0. The Kier molecular flexibility index (Phi) is 3.57. The van der Waals surface area contributed by atoms with Gasteiger partial charge in [-0.25, -0.2) is 4.39 Å². The number of benzene rings is 1. The number of hydrogen-bond donors (Lipinski definition) is 0. The number of hydrogen-bond acceptors (Lipinski definition) is 1. The van der Waals surface area contributed by atoms with Crippen LogP contribution in [0.4, 0.5) is 4.39 Å². The van der Waals surface area contributed by atoms with E-state index in [1.54, 1.807) is 19.1 Å². The summed E-state index contributed by atoms with van der Waals surface area (Å²) >= 11 is 0. The molecule has 0 fully saturated rings. The predicted octanol–water partition coefficient (Wildman–Crippen LogP) is 3.28. The summed E-state index contributed by atoms with van der Waals surface area (Å²) in [6.45, 7) is 5.31. The molecule has 0 aliphatic heterocycles. The van der Waals surface area contributed by atoms with Crippen molar-refractivity contribution in [3.05, 3.63) is 47.8 Å². The van der Waals surface area contributed by atoms with Gasteiger partial charge in [-0.15, -0.1) is 6.58 Å². The van der Waals surface area contributed by atoms with Crippen molar-refractivity contribution >= 4 is 5.78 Å². The highest BCUT2D eigenvalue weighted by molar-refractivity contribution is 5.96. The number of ketones is 1. The van der Waals surface area contributed by atoms with Gasteiger partial charge in [0.2, 0.25) is 0 Å². The number of rotatable bonds is 4. The van der Waals surface area contributed by atoms with Gasteiger partial charge in [-0.1, -0.05) is 6.08 Å². The van der Waals surface area contributed by atoms with Crippen molar-refractivity contribution < 1.29 is 9.18 Å². The second-order valence-corrected chi connectivity index (χ2v) is 3.27. The van der Waals surface area contributed by atoms with Crippen molar-refractivity contribution in [1.29, 1.82) is 0 Å². The minimum atomic E-state index is -0.355. The maximum atomic E-state index is 12.9. The summed E-state index contributed by atoms with van der Waals surface area (Å²) in [4.78, 5) is 11.5. The van der Waals surface area contributed by atoms with Crippen LogP contribution in [0, 0.1) is 12.7 Å². The second-order valence-electron chi connectivity index (χ2n) is 3.27. The monoisotopic (exact) mass is 192 g/mol. The Morgan fingerprint density at radius 2 is 2.21 bits per heavy atom. The molecular formula is C12H13FO. The number of aryl methyl sites for hydroxylation is 1. The van der Waals surface area contributed by atoms with E-state index in [1.807, 2.05) is 0 Å². The van der Waals surface area contributed by atoms with Crippen LogP contribution >= 0.6 is 0 Å². The second kappa shape index (κ2) is 4.70. The van der Waals surface area contributed by atoms with E-state index < -0.39 is 0 Å². The first kappa shape index (κ1) is 10.6. The van der Waals surface area contributed by atoms with Crippen molar-refractivity contribution in [2.75, 3.05) is 0 Å². The SMILES string of the molecule is C=CCCC(=O)c1cc(C)cc(F)c1. The fraction of sp³-hybridized carbons (Fsp3) is 0.250. The molecule has 1 aromatic rings. The number of halogens is 1. The topological polar surface area (TPSA) is 17.1 Å². The lowest BCUT2D eigenvalue weighted by atomic mass is 10.0. The quantitative estimate of drug-likeness (QED) is 0.528. The molecule has 0 saturated carbocycles. The van der Waals surface area contributed by atoms with Crippen LogP contribution in [0.5, 0.6) is 0 Å². The van der Waals surface area contributed by atoms with Gasteiger partial charge >= 0.3 is 0 Å². The van der Waals surface area contributed by atoms with E-state index in [1.165, 1.54) is 12.1 Å². The summed E-state index contributed by atoms with van der Waals surface area (Å²) in [6.07, 6.45) is 2.71. The first-order valence-corrected chi connectivity index (χ1v) is 4.55. The van der Waals surface area contributed by atoms with Gasteiger partial charge < -0.3 is 0 Å². The van der Waals surface area contributed by atoms with Gasteiger partial charge in [0.25, 0.3) is 0 Å². The number of carbonyl (C=O) groups excluding carboxylic acids is 1. The number of carbonyl (C=O) groups is 1. The summed E-state index contributed by atoms with van der Waals surface area (Å²) in [5.74, 6) is -0.389. The van der Waals surface area contributed by atoms with E-state index in [-0.39, 0.29) is 11.6 Å². The average molecular weight is 192 g/mol. The molecule has 0 bridgehead atoms. The molecule has 0 saturated heterocycles. The maximum absolute atomic E-state index is 12.9. The van der Waals surface area contributed by atoms with Crippen LogP contribution in [-0.4, -0.2) is 5.78 Å².